The number of nitrogens with one attached hydrogen (secondary N) is 1. The Morgan fingerprint density at radius 1 is 1.11 bits per heavy atom. The average Bonchev–Trinajstić information content (AvgIpc) is 3.62. The number of alkyl halides is 3. The molecule has 9 nitrogen and oxygen atoms in total. The molecule has 0 saturated carbocycles. The molecule has 3 amide bonds. The lowest BCUT2D eigenvalue weighted by Crippen LogP contribution is -2.33. The first-order valence-electron chi connectivity index (χ1n) is 13.8. The molecule has 44 heavy (non-hydrogen) atoms. The molecule has 4 aromatic rings. The van der Waals surface area contributed by atoms with Crippen molar-refractivity contribution in [2.24, 2.45) is 4.99 Å². The van der Waals surface area contributed by atoms with Gasteiger partial charge in [0, 0.05) is 12.1 Å². The summed E-state index contributed by atoms with van der Waals surface area (Å²) in [4.78, 5) is 35.6. The Morgan fingerprint density at radius 3 is 2.52 bits per heavy atom. The zero-order valence-electron chi connectivity index (χ0n) is 24.1. The lowest BCUT2D eigenvalue weighted by Gasteiger charge is -2.21. The van der Waals surface area contributed by atoms with Crippen molar-refractivity contribution in [2.75, 3.05) is 17.2 Å². The molecule has 1 aliphatic rings. The maximum atomic E-state index is 12.8. The Hall–Kier alpha value is -4.65. The van der Waals surface area contributed by atoms with Gasteiger partial charge >= 0.3 is 12.4 Å². The van der Waals surface area contributed by atoms with Crippen LogP contribution in [-0.4, -0.2) is 50.5 Å². The summed E-state index contributed by atoms with van der Waals surface area (Å²) in [7, 11) is 0. The maximum absolute atomic E-state index is 12.8. The number of nitrogens with zero attached hydrogens (tertiary/aromatic N) is 5. The Balaban J connectivity index is 1.20. The number of halogens is 3. The number of rotatable bonds is 8. The van der Waals surface area contributed by atoms with Crippen LogP contribution in [0.25, 0.3) is 17.1 Å². The van der Waals surface area contributed by atoms with Gasteiger partial charge in [-0.25, -0.2) is 14.5 Å². The SMILES string of the molecule is CCc1cccc(C)c1N1C(=O)CSC1=NC(=O)NCC(C)c1ccc(-c2ncn(-c3ccc(OC(F)(F)F)cc3)n2)cc1. The Morgan fingerprint density at radius 2 is 1.84 bits per heavy atom. The van der Waals surface area contributed by atoms with E-state index in [9.17, 15) is 22.8 Å². The van der Waals surface area contributed by atoms with E-state index in [1.807, 2.05) is 63.2 Å². The van der Waals surface area contributed by atoms with Gasteiger partial charge in [0.2, 0.25) is 5.91 Å². The highest BCUT2D eigenvalue weighted by atomic mass is 32.2. The molecule has 1 unspecified atom stereocenters. The summed E-state index contributed by atoms with van der Waals surface area (Å²) in [5, 5.41) is 7.64. The predicted octanol–water partition coefficient (Wildman–Crippen LogP) is 6.65. The molecule has 5 rings (SSSR count). The van der Waals surface area contributed by atoms with Gasteiger partial charge in [-0.05, 0) is 60.2 Å². The average molecular weight is 623 g/mol. The third-order valence-corrected chi connectivity index (χ3v) is 7.94. The summed E-state index contributed by atoms with van der Waals surface area (Å²) in [6.45, 7) is 6.27. The molecule has 0 bridgehead atoms. The molecule has 3 aromatic carbocycles. The highest BCUT2D eigenvalue weighted by Gasteiger charge is 2.33. The van der Waals surface area contributed by atoms with Crippen LogP contribution in [0, 0.1) is 6.92 Å². The number of hydrogen-bond donors (Lipinski definition) is 1. The minimum Gasteiger partial charge on any atom is -0.406 e. The Kier molecular flexibility index (Phi) is 9.04. The van der Waals surface area contributed by atoms with Crippen molar-refractivity contribution in [2.45, 2.75) is 39.5 Å². The van der Waals surface area contributed by atoms with Crippen LogP contribution in [0.5, 0.6) is 5.75 Å². The van der Waals surface area contributed by atoms with Crippen LogP contribution in [0.4, 0.5) is 23.7 Å². The topological polar surface area (TPSA) is 102 Å². The van der Waals surface area contributed by atoms with Crippen molar-refractivity contribution >= 4 is 34.6 Å². The molecule has 2 heterocycles. The number of carbonyl (C=O) groups is 2. The summed E-state index contributed by atoms with van der Waals surface area (Å²) >= 11 is 1.25. The maximum Gasteiger partial charge on any atom is 0.573 e. The molecule has 1 fully saturated rings. The highest BCUT2D eigenvalue weighted by molar-refractivity contribution is 8.15. The monoisotopic (exact) mass is 622 g/mol. The fraction of sp³-hybridized carbons (Fsp3) is 0.258. The summed E-state index contributed by atoms with van der Waals surface area (Å²) in [6.07, 6.45) is -2.54. The number of ether oxygens (including phenoxy) is 1. The third-order valence-electron chi connectivity index (χ3n) is 7.01. The number of amidine groups is 1. The first kappa shape index (κ1) is 30.8. The number of aryl methyl sites for hydroxylation is 2. The van der Waals surface area contributed by atoms with Crippen LogP contribution in [0.3, 0.4) is 0 Å². The fourth-order valence-electron chi connectivity index (χ4n) is 4.76. The molecule has 0 radical (unpaired) electrons. The second-order valence-electron chi connectivity index (χ2n) is 10.1. The smallest absolute Gasteiger partial charge is 0.406 e. The lowest BCUT2D eigenvalue weighted by molar-refractivity contribution is -0.274. The number of thioether (sulfide) groups is 1. The van der Waals surface area contributed by atoms with Crippen LogP contribution in [-0.2, 0) is 11.2 Å². The van der Waals surface area contributed by atoms with Gasteiger partial charge in [-0.1, -0.05) is 68.1 Å². The van der Waals surface area contributed by atoms with E-state index in [0.29, 0.717) is 23.2 Å². The van der Waals surface area contributed by atoms with Crippen LogP contribution in [0.2, 0.25) is 0 Å². The number of carbonyl (C=O) groups excluding carboxylic acids is 2. The first-order valence-corrected chi connectivity index (χ1v) is 14.8. The van der Waals surface area contributed by atoms with Crippen LogP contribution < -0.4 is 15.0 Å². The number of amides is 3. The fourth-order valence-corrected chi connectivity index (χ4v) is 5.61. The van der Waals surface area contributed by atoms with Crippen molar-refractivity contribution in [3.05, 3.63) is 89.7 Å². The molecule has 1 atom stereocenters. The quantitative estimate of drug-likeness (QED) is 0.236. The normalized spacial score (nSPS) is 15.1. The van der Waals surface area contributed by atoms with Crippen molar-refractivity contribution < 1.29 is 27.5 Å². The van der Waals surface area contributed by atoms with E-state index in [4.69, 9.17) is 0 Å². The molecular formula is C31H29F3N6O3S. The zero-order valence-corrected chi connectivity index (χ0v) is 24.9. The molecular weight excluding hydrogens is 593 g/mol. The molecule has 1 saturated heterocycles. The van der Waals surface area contributed by atoms with Gasteiger partial charge in [0.1, 0.15) is 12.1 Å². The molecule has 1 aliphatic heterocycles. The molecule has 13 heteroatoms. The van der Waals surface area contributed by atoms with E-state index in [-0.39, 0.29) is 23.3 Å². The first-order chi connectivity index (χ1) is 21.0. The molecule has 1 N–H and O–H groups in total. The van der Waals surface area contributed by atoms with Gasteiger partial charge in [-0.15, -0.1) is 18.3 Å². The summed E-state index contributed by atoms with van der Waals surface area (Å²) in [5.41, 5.74) is 5.00. The van der Waals surface area contributed by atoms with Gasteiger partial charge < -0.3 is 10.1 Å². The van der Waals surface area contributed by atoms with Crippen LogP contribution >= 0.6 is 11.8 Å². The van der Waals surface area contributed by atoms with E-state index in [2.05, 4.69) is 25.1 Å². The summed E-state index contributed by atoms with van der Waals surface area (Å²) in [5.74, 6) is 0.206. The minimum atomic E-state index is -4.76. The second-order valence-corrected chi connectivity index (χ2v) is 11.1. The Labute approximate surface area is 256 Å². The number of aromatic nitrogens is 3. The van der Waals surface area contributed by atoms with E-state index in [1.165, 1.54) is 47.0 Å². The van der Waals surface area contributed by atoms with Crippen molar-refractivity contribution in [1.82, 2.24) is 20.1 Å². The van der Waals surface area contributed by atoms with Crippen LogP contribution in [0.1, 0.15) is 36.5 Å². The largest absolute Gasteiger partial charge is 0.573 e. The number of urea groups is 1. The number of aliphatic imine (C=N–C) groups is 1. The van der Waals surface area contributed by atoms with E-state index >= 15 is 0 Å². The zero-order chi connectivity index (χ0) is 31.4. The number of para-hydroxylation sites is 1. The van der Waals surface area contributed by atoms with E-state index < -0.39 is 12.4 Å². The molecule has 228 valence electrons. The summed E-state index contributed by atoms with van der Waals surface area (Å²) < 4.78 is 42.6. The number of benzene rings is 3. The minimum absolute atomic E-state index is 0.0341. The van der Waals surface area contributed by atoms with Gasteiger partial charge in [-0.3, -0.25) is 9.69 Å². The second kappa shape index (κ2) is 12.9. The van der Waals surface area contributed by atoms with Gasteiger partial charge in [0.25, 0.3) is 0 Å². The standard InChI is InChI=1S/C31H29F3N6O3S/c1-4-21-7-5-6-19(2)27(21)40-26(41)17-44-30(40)37-29(42)35-16-20(3)22-8-10-23(11-9-22)28-36-18-39(38-28)24-12-14-25(15-13-24)43-31(32,33)34/h5-15,18,20H,4,16-17H2,1-3H3,(H,35,42). The van der Waals surface area contributed by atoms with Gasteiger partial charge in [-0.2, -0.15) is 4.99 Å². The van der Waals surface area contributed by atoms with E-state index in [1.54, 1.807) is 4.90 Å². The summed E-state index contributed by atoms with van der Waals surface area (Å²) in [6, 6.07) is 18.2. The van der Waals surface area contributed by atoms with Crippen molar-refractivity contribution in [1.29, 1.82) is 0 Å². The number of anilines is 1. The molecule has 0 aliphatic carbocycles. The van der Waals surface area contributed by atoms with Gasteiger partial charge in [0.05, 0.1) is 17.1 Å². The van der Waals surface area contributed by atoms with Gasteiger partial charge in [0.15, 0.2) is 11.0 Å². The number of hydrogen-bond acceptors (Lipinski definition) is 6. The predicted molar refractivity (Wildman–Crippen MR) is 163 cm³/mol. The third kappa shape index (κ3) is 7.10. The highest BCUT2D eigenvalue weighted by Crippen LogP contribution is 2.33. The van der Waals surface area contributed by atoms with Crippen molar-refractivity contribution in [3.63, 3.8) is 0 Å². The molecule has 1 aromatic heterocycles. The lowest BCUT2D eigenvalue weighted by atomic mass is 10.00. The molecule has 0 spiro atoms. The van der Waals surface area contributed by atoms with E-state index in [0.717, 1.165) is 34.4 Å². The van der Waals surface area contributed by atoms with Crippen LogP contribution in [0.15, 0.2) is 78.0 Å². The van der Waals surface area contributed by atoms with Crippen molar-refractivity contribution in [3.8, 4) is 22.8 Å². The Bertz CT molecular complexity index is 1690.